The Balaban J connectivity index is 1.52. The minimum Gasteiger partial charge on any atom is -0.495 e. The molecule has 0 saturated carbocycles. The van der Waals surface area contributed by atoms with Crippen LogP contribution in [0.2, 0.25) is 5.02 Å². The van der Waals surface area contributed by atoms with Crippen molar-refractivity contribution in [2.75, 3.05) is 18.2 Å². The van der Waals surface area contributed by atoms with Gasteiger partial charge in [0.25, 0.3) is 0 Å². The summed E-state index contributed by atoms with van der Waals surface area (Å²) in [6, 6.07) is 19.1. The summed E-state index contributed by atoms with van der Waals surface area (Å²) in [5, 5.41) is 14.8. The maximum absolute atomic E-state index is 12.6. The predicted molar refractivity (Wildman–Crippen MR) is 126 cm³/mol. The number of para-hydroxylation sites is 1. The Kier molecular flexibility index (Phi) is 6.91. The number of nitrogens with one attached hydrogen (secondary N) is 1. The van der Waals surface area contributed by atoms with Crippen LogP contribution in [0.4, 0.5) is 5.69 Å². The molecule has 2 aromatic heterocycles. The molecule has 9 heteroatoms. The highest BCUT2D eigenvalue weighted by Gasteiger charge is 2.17. The molecule has 2 heterocycles. The van der Waals surface area contributed by atoms with Gasteiger partial charge in [-0.15, -0.1) is 21.5 Å². The molecule has 1 amide bonds. The predicted octanol–water partition coefficient (Wildman–Crippen LogP) is 5.31. The first-order valence-electron chi connectivity index (χ1n) is 9.42. The SMILES string of the molecule is COc1ccc(Cl)cc1NC(=O)CSc1nnc(Cc2cccs2)n1-c1ccccc1. The largest absolute Gasteiger partial charge is 0.495 e. The van der Waals surface area contributed by atoms with Gasteiger partial charge in [0.05, 0.1) is 18.6 Å². The van der Waals surface area contributed by atoms with E-state index < -0.39 is 0 Å². The number of aromatic nitrogens is 3. The Morgan fingerprint density at radius 3 is 2.74 bits per heavy atom. The number of amides is 1. The van der Waals surface area contributed by atoms with Gasteiger partial charge < -0.3 is 10.1 Å². The Morgan fingerprint density at radius 1 is 1.16 bits per heavy atom. The van der Waals surface area contributed by atoms with Crippen LogP contribution in [0.3, 0.4) is 0 Å². The lowest BCUT2D eigenvalue weighted by atomic mass is 10.3. The molecule has 0 bridgehead atoms. The number of benzene rings is 2. The van der Waals surface area contributed by atoms with Crippen LogP contribution in [-0.4, -0.2) is 33.5 Å². The summed E-state index contributed by atoms with van der Waals surface area (Å²) in [4.78, 5) is 13.8. The number of ether oxygens (including phenoxy) is 1. The van der Waals surface area contributed by atoms with Crippen molar-refractivity contribution < 1.29 is 9.53 Å². The average molecular weight is 471 g/mol. The quantitative estimate of drug-likeness (QED) is 0.353. The highest BCUT2D eigenvalue weighted by Crippen LogP contribution is 2.29. The Hall–Kier alpha value is -2.81. The van der Waals surface area contributed by atoms with E-state index in [1.165, 1.54) is 16.6 Å². The molecule has 0 spiro atoms. The van der Waals surface area contributed by atoms with Crippen molar-refractivity contribution in [2.24, 2.45) is 0 Å². The van der Waals surface area contributed by atoms with Gasteiger partial charge in [-0.1, -0.05) is 47.6 Å². The average Bonchev–Trinajstić information content (AvgIpc) is 3.43. The maximum Gasteiger partial charge on any atom is 0.234 e. The van der Waals surface area contributed by atoms with Crippen LogP contribution in [0.1, 0.15) is 10.7 Å². The van der Waals surface area contributed by atoms with Gasteiger partial charge in [-0.25, -0.2) is 0 Å². The zero-order chi connectivity index (χ0) is 21.6. The summed E-state index contributed by atoms with van der Waals surface area (Å²) in [5.41, 5.74) is 1.49. The minimum atomic E-state index is -0.187. The molecular formula is C22H19ClN4O2S2. The van der Waals surface area contributed by atoms with Crippen LogP contribution in [0, 0.1) is 0 Å². The second kappa shape index (κ2) is 10.00. The Labute approximate surface area is 193 Å². The summed E-state index contributed by atoms with van der Waals surface area (Å²) in [6.07, 6.45) is 0.673. The molecule has 0 saturated heterocycles. The summed E-state index contributed by atoms with van der Waals surface area (Å²) in [6.45, 7) is 0. The molecule has 0 aliphatic heterocycles. The van der Waals surface area contributed by atoms with E-state index in [1.807, 2.05) is 46.3 Å². The number of methoxy groups -OCH3 is 1. The van der Waals surface area contributed by atoms with Gasteiger partial charge in [0.2, 0.25) is 5.91 Å². The van der Waals surface area contributed by atoms with E-state index in [0.717, 1.165) is 11.5 Å². The number of carbonyl (C=O) groups is 1. The normalized spacial score (nSPS) is 10.8. The number of halogens is 1. The third-order valence-corrected chi connectivity index (χ3v) is 6.44. The van der Waals surface area contributed by atoms with Crippen LogP contribution in [-0.2, 0) is 11.2 Å². The van der Waals surface area contributed by atoms with Crippen molar-refractivity contribution >= 4 is 46.3 Å². The number of anilines is 1. The highest BCUT2D eigenvalue weighted by molar-refractivity contribution is 7.99. The van der Waals surface area contributed by atoms with Gasteiger partial charge in [-0.3, -0.25) is 9.36 Å². The summed E-state index contributed by atoms with van der Waals surface area (Å²) in [5.74, 6) is 1.36. The Morgan fingerprint density at radius 2 is 2.00 bits per heavy atom. The van der Waals surface area contributed by atoms with Gasteiger partial charge in [-0.2, -0.15) is 0 Å². The molecule has 0 radical (unpaired) electrons. The monoisotopic (exact) mass is 470 g/mol. The molecule has 2 aromatic carbocycles. The van der Waals surface area contributed by atoms with Crippen LogP contribution < -0.4 is 10.1 Å². The van der Waals surface area contributed by atoms with E-state index in [-0.39, 0.29) is 11.7 Å². The van der Waals surface area contributed by atoms with Gasteiger partial charge >= 0.3 is 0 Å². The molecule has 0 atom stereocenters. The number of nitrogens with zero attached hydrogens (tertiary/aromatic N) is 3. The molecule has 158 valence electrons. The van der Waals surface area contributed by atoms with Gasteiger partial charge in [-0.05, 0) is 41.8 Å². The van der Waals surface area contributed by atoms with Gasteiger partial charge in [0.1, 0.15) is 11.6 Å². The lowest BCUT2D eigenvalue weighted by Gasteiger charge is -2.11. The lowest BCUT2D eigenvalue weighted by Crippen LogP contribution is -2.15. The van der Waals surface area contributed by atoms with E-state index in [0.29, 0.717) is 28.0 Å². The molecule has 31 heavy (non-hydrogen) atoms. The first-order valence-corrected chi connectivity index (χ1v) is 11.7. The zero-order valence-corrected chi connectivity index (χ0v) is 19.0. The number of hydrogen-bond acceptors (Lipinski definition) is 6. The van der Waals surface area contributed by atoms with E-state index in [1.54, 1.807) is 36.6 Å². The fraction of sp³-hybridized carbons (Fsp3) is 0.136. The first-order chi connectivity index (χ1) is 15.1. The highest BCUT2D eigenvalue weighted by atomic mass is 35.5. The standard InChI is InChI=1S/C22H19ClN4O2S2/c1-29-19-10-9-15(23)12-18(19)24-21(28)14-31-22-26-25-20(13-17-8-5-11-30-17)27(22)16-6-3-2-4-7-16/h2-12H,13-14H2,1H3,(H,24,28). The molecule has 0 aliphatic rings. The van der Waals surface area contributed by atoms with E-state index in [4.69, 9.17) is 16.3 Å². The first kappa shape index (κ1) is 21.4. The van der Waals surface area contributed by atoms with E-state index >= 15 is 0 Å². The van der Waals surface area contributed by atoms with Gasteiger partial charge in [0, 0.05) is 22.0 Å². The number of hydrogen-bond donors (Lipinski definition) is 1. The smallest absolute Gasteiger partial charge is 0.234 e. The fourth-order valence-electron chi connectivity index (χ4n) is 3.01. The topological polar surface area (TPSA) is 69.0 Å². The summed E-state index contributed by atoms with van der Waals surface area (Å²) >= 11 is 9.05. The van der Waals surface area contributed by atoms with Crippen molar-refractivity contribution in [2.45, 2.75) is 11.6 Å². The van der Waals surface area contributed by atoms with Crippen molar-refractivity contribution in [3.63, 3.8) is 0 Å². The van der Waals surface area contributed by atoms with Crippen molar-refractivity contribution in [3.05, 3.63) is 81.8 Å². The van der Waals surface area contributed by atoms with Crippen molar-refractivity contribution in [1.29, 1.82) is 0 Å². The van der Waals surface area contributed by atoms with Crippen LogP contribution in [0.25, 0.3) is 5.69 Å². The third-order valence-electron chi connectivity index (χ3n) is 4.40. The number of rotatable bonds is 8. The number of thiophene rings is 1. The Bertz CT molecular complexity index is 1160. The third kappa shape index (κ3) is 5.28. The number of carbonyl (C=O) groups excluding carboxylic acids is 1. The fourth-order valence-corrected chi connectivity index (χ4v) is 4.65. The molecule has 0 fully saturated rings. The number of thioether (sulfide) groups is 1. The van der Waals surface area contributed by atoms with Crippen LogP contribution >= 0.6 is 34.7 Å². The summed E-state index contributed by atoms with van der Waals surface area (Å²) < 4.78 is 7.29. The minimum absolute atomic E-state index is 0.166. The molecule has 0 aliphatic carbocycles. The summed E-state index contributed by atoms with van der Waals surface area (Å²) in [7, 11) is 1.55. The second-order valence-electron chi connectivity index (χ2n) is 6.51. The maximum atomic E-state index is 12.6. The molecule has 0 unspecified atom stereocenters. The molecule has 4 aromatic rings. The van der Waals surface area contributed by atoms with Crippen LogP contribution in [0.15, 0.2) is 71.2 Å². The van der Waals surface area contributed by atoms with Crippen molar-refractivity contribution in [1.82, 2.24) is 14.8 Å². The van der Waals surface area contributed by atoms with E-state index in [2.05, 4.69) is 21.6 Å². The van der Waals surface area contributed by atoms with Crippen molar-refractivity contribution in [3.8, 4) is 11.4 Å². The van der Waals surface area contributed by atoms with E-state index in [9.17, 15) is 4.79 Å². The van der Waals surface area contributed by atoms with Gasteiger partial charge in [0.15, 0.2) is 5.16 Å². The second-order valence-corrected chi connectivity index (χ2v) is 8.92. The molecule has 1 N–H and O–H groups in total. The zero-order valence-electron chi connectivity index (χ0n) is 16.6. The molecule has 4 rings (SSSR count). The van der Waals surface area contributed by atoms with Crippen LogP contribution in [0.5, 0.6) is 5.75 Å². The lowest BCUT2D eigenvalue weighted by molar-refractivity contribution is -0.113. The molecular weight excluding hydrogens is 452 g/mol. The molecule has 6 nitrogen and oxygen atoms in total.